The Hall–Kier alpha value is -0.470. The molecule has 1 aromatic carbocycles. The molecule has 0 aliphatic heterocycles. The van der Waals surface area contributed by atoms with Crippen molar-refractivity contribution in [2.75, 3.05) is 0 Å². The first-order valence-electron chi connectivity index (χ1n) is 3.19. The minimum Gasteiger partial charge on any atom is -0.329 e. The van der Waals surface area contributed by atoms with Gasteiger partial charge in [-0.25, -0.2) is 0 Å². The predicted octanol–water partition coefficient (Wildman–Crippen LogP) is 2.95. The fourth-order valence-electron chi connectivity index (χ4n) is 0.785. The molecule has 0 saturated heterocycles. The molecule has 0 saturated carbocycles. The second kappa shape index (κ2) is 3.64. The number of benzene rings is 1. The third kappa shape index (κ3) is 1.75. The van der Waals surface area contributed by atoms with Gasteiger partial charge in [-0.05, 0) is 24.5 Å². The Kier molecular flexibility index (Phi) is 2.78. The van der Waals surface area contributed by atoms with Crippen LogP contribution in [0.3, 0.4) is 0 Å². The molecule has 0 aromatic heterocycles. The average Bonchev–Trinajstić information content (AvgIpc) is 2.05. The van der Waals surface area contributed by atoms with E-state index in [4.69, 9.17) is 4.55 Å². The van der Waals surface area contributed by atoms with Gasteiger partial charge in [0.2, 0.25) is 0 Å². The van der Waals surface area contributed by atoms with Crippen LogP contribution in [0.25, 0.3) is 0 Å². The Morgan fingerprint density at radius 2 is 1.90 bits per heavy atom. The van der Waals surface area contributed by atoms with E-state index < -0.39 is 0 Å². The highest BCUT2D eigenvalue weighted by Crippen LogP contribution is 2.24. The fraction of sp³-hybridized carbons (Fsp3) is 0.250. The van der Waals surface area contributed by atoms with E-state index in [2.05, 4.69) is 0 Å². The minimum atomic E-state index is 0.182. The van der Waals surface area contributed by atoms with Gasteiger partial charge in [0.25, 0.3) is 0 Å². The van der Waals surface area contributed by atoms with Crippen LogP contribution in [0.5, 0.6) is 0 Å². The van der Waals surface area contributed by atoms with E-state index in [0.29, 0.717) is 0 Å². The Bertz CT molecular complexity index is 186. The van der Waals surface area contributed by atoms with Gasteiger partial charge >= 0.3 is 0 Å². The molecule has 1 atom stereocenters. The van der Waals surface area contributed by atoms with Crippen molar-refractivity contribution in [2.24, 2.45) is 0 Å². The quantitative estimate of drug-likeness (QED) is 0.661. The van der Waals surface area contributed by atoms with E-state index in [9.17, 15) is 0 Å². The van der Waals surface area contributed by atoms with Crippen molar-refractivity contribution in [1.29, 1.82) is 0 Å². The maximum Gasteiger partial charge on any atom is 0.0529 e. The van der Waals surface area contributed by atoms with Crippen molar-refractivity contribution in [1.82, 2.24) is 0 Å². The summed E-state index contributed by atoms with van der Waals surface area (Å²) in [6.07, 6.45) is 0. The number of rotatable bonds is 2. The highest BCUT2D eigenvalue weighted by atomic mass is 32.2. The van der Waals surface area contributed by atoms with E-state index in [0.717, 1.165) is 17.6 Å². The van der Waals surface area contributed by atoms with E-state index in [-0.39, 0.29) is 5.25 Å². The first-order valence-corrected chi connectivity index (χ1v) is 4.03. The maximum absolute atomic E-state index is 8.70. The summed E-state index contributed by atoms with van der Waals surface area (Å²) >= 11 is 0.878. The lowest BCUT2D eigenvalue weighted by molar-refractivity contribution is 0.654. The normalized spacial score (nSPS) is 13.0. The molecule has 1 unspecified atom stereocenters. The van der Waals surface area contributed by atoms with Gasteiger partial charge in [0.15, 0.2) is 0 Å². The van der Waals surface area contributed by atoms with Crippen molar-refractivity contribution in [3.05, 3.63) is 35.9 Å². The van der Waals surface area contributed by atoms with Crippen molar-refractivity contribution >= 4 is 12.0 Å². The monoisotopic (exact) mass is 154 g/mol. The zero-order valence-corrected chi connectivity index (χ0v) is 6.64. The van der Waals surface area contributed by atoms with E-state index in [1.807, 2.05) is 37.3 Å². The summed E-state index contributed by atoms with van der Waals surface area (Å²) in [7, 11) is 0. The van der Waals surface area contributed by atoms with E-state index in [1.54, 1.807) is 0 Å². The van der Waals surface area contributed by atoms with E-state index in [1.165, 1.54) is 0 Å². The topological polar surface area (TPSA) is 20.2 Å². The Morgan fingerprint density at radius 3 is 2.40 bits per heavy atom. The van der Waals surface area contributed by atoms with Crippen molar-refractivity contribution in [3.63, 3.8) is 0 Å². The van der Waals surface area contributed by atoms with Crippen LogP contribution < -0.4 is 0 Å². The fourth-order valence-corrected chi connectivity index (χ4v) is 1.06. The zero-order valence-electron chi connectivity index (χ0n) is 5.82. The highest BCUT2D eigenvalue weighted by molar-refractivity contribution is 7.93. The molecule has 1 nitrogen and oxygen atoms in total. The third-order valence-corrected chi connectivity index (χ3v) is 2.02. The summed E-state index contributed by atoms with van der Waals surface area (Å²) in [6, 6.07) is 9.93. The molecule has 0 heterocycles. The summed E-state index contributed by atoms with van der Waals surface area (Å²) in [5, 5.41) is 0.182. The standard InChI is InChI=1S/C8H10OS/c1-7(10-9)8-5-3-2-4-6-8/h2-7,9H,1H3. The molecule has 10 heavy (non-hydrogen) atoms. The molecule has 0 fully saturated rings. The molecule has 0 bridgehead atoms. The molecule has 1 aromatic rings. The van der Waals surface area contributed by atoms with Gasteiger partial charge in [0.1, 0.15) is 0 Å². The molecule has 0 radical (unpaired) electrons. The van der Waals surface area contributed by atoms with Crippen LogP contribution in [0.1, 0.15) is 17.7 Å². The van der Waals surface area contributed by atoms with Gasteiger partial charge in [-0.3, -0.25) is 0 Å². The predicted molar refractivity (Wildman–Crippen MR) is 45.1 cm³/mol. The SMILES string of the molecule is CC(SO)c1ccccc1. The molecule has 0 amide bonds. The van der Waals surface area contributed by atoms with Gasteiger partial charge in [-0.2, -0.15) is 0 Å². The Labute approximate surface area is 65.3 Å². The second-order valence-corrected chi connectivity index (χ2v) is 3.08. The Morgan fingerprint density at radius 1 is 1.30 bits per heavy atom. The lowest BCUT2D eigenvalue weighted by atomic mass is 10.2. The molecular weight excluding hydrogens is 144 g/mol. The first kappa shape index (κ1) is 7.63. The Balaban J connectivity index is 2.75. The van der Waals surface area contributed by atoms with Crippen molar-refractivity contribution in [2.45, 2.75) is 12.2 Å². The molecule has 1 N–H and O–H groups in total. The third-order valence-electron chi connectivity index (χ3n) is 1.43. The van der Waals surface area contributed by atoms with Crippen molar-refractivity contribution < 1.29 is 4.55 Å². The van der Waals surface area contributed by atoms with Crippen LogP contribution in [0, 0.1) is 0 Å². The summed E-state index contributed by atoms with van der Waals surface area (Å²) in [4.78, 5) is 0. The average molecular weight is 154 g/mol. The van der Waals surface area contributed by atoms with Crippen LogP contribution >= 0.6 is 12.0 Å². The second-order valence-electron chi connectivity index (χ2n) is 2.16. The molecule has 0 spiro atoms. The van der Waals surface area contributed by atoms with Gasteiger partial charge in [0, 0.05) is 0 Å². The van der Waals surface area contributed by atoms with Crippen LogP contribution in [0.15, 0.2) is 30.3 Å². The zero-order chi connectivity index (χ0) is 7.40. The highest BCUT2D eigenvalue weighted by Gasteiger charge is 2.01. The van der Waals surface area contributed by atoms with Gasteiger partial charge in [-0.15, -0.1) is 0 Å². The summed E-state index contributed by atoms with van der Waals surface area (Å²) in [5.41, 5.74) is 1.16. The minimum absolute atomic E-state index is 0.182. The van der Waals surface area contributed by atoms with E-state index >= 15 is 0 Å². The van der Waals surface area contributed by atoms with Gasteiger partial charge in [-0.1, -0.05) is 30.3 Å². The van der Waals surface area contributed by atoms with Crippen LogP contribution in [0.4, 0.5) is 0 Å². The van der Waals surface area contributed by atoms with Crippen LogP contribution in [-0.4, -0.2) is 4.55 Å². The summed E-state index contributed by atoms with van der Waals surface area (Å²) in [6.45, 7) is 1.97. The molecule has 0 aliphatic carbocycles. The lowest BCUT2D eigenvalue weighted by Crippen LogP contribution is -1.84. The maximum atomic E-state index is 8.70. The van der Waals surface area contributed by atoms with Crippen molar-refractivity contribution in [3.8, 4) is 0 Å². The molecule has 0 aliphatic rings. The first-order chi connectivity index (χ1) is 4.84. The molecule has 2 heteroatoms. The number of hydrogen-bond acceptors (Lipinski definition) is 2. The van der Waals surface area contributed by atoms with Crippen LogP contribution in [-0.2, 0) is 0 Å². The lowest BCUT2D eigenvalue weighted by Gasteiger charge is -2.04. The molecule has 1 rings (SSSR count). The largest absolute Gasteiger partial charge is 0.329 e. The van der Waals surface area contributed by atoms with Gasteiger partial charge in [0.05, 0.1) is 5.25 Å². The summed E-state index contributed by atoms with van der Waals surface area (Å²) < 4.78 is 8.70. The smallest absolute Gasteiger partial charge is 0.0529 e. The van der Waals surface area contributed by atoms with Crippen LogP contribution in [0.2, 0.25) is 0 Å². The van der Waals surface area contributed by atoms with Gasteiger partial charge < -0.3 is 4.55 Å². The molecular formula is C8H10OS. The number of hydrogen-bond donors (Lipinski definition) is 1. The molecule has 54 valence electrons. The summed E-state index contributed by atoms with van der Waals surface area (Å²) in [5.74, 6) is 0.